The molecular weight excluding hydrogens is 432 g/mol. The summed E-state index contributed by atoms with van der Waals surface area (Å²) in [5.41, 5.74) is 4.79. The van der Waals surface area contributed by atoms with Gasteiger partial charge >= 0.3 is 11.7 Å². The fourth-order valence-corrected chi connectivity index (χ4v) is 3.37. The molecule has 11 heteroatoms. The Kier molecular flexibility index (Phi) is 7.41. The third-order valence-electron chi connectivity index (χ3n) is 5.00. The fraction of sp³-hybridized carbons (Fsp3) is 0.455. The molecule has 1 amide bonds. The van der Waals surface area contributed by atoms with E-state index < -0.39 is 29.7 Å². The molecule has 1 aromatic carbocycles. The van der Waals surface area contributed by atoms with E-state index in [2.05, 4.69) is 4.98 Å². The summed E-state index contributed by atoms with van der Waals surface area (Å²) in [6.07, 6.45) is 1.48. The Bertz CT molecular complexity index is 1150. The number of anilines is 2. The van der Waals surface area contributed by atoms with Crippen LogP contribution in [0.25, 0.3) is 0 Å². The van der Waals surface area contributed by atoms with Crippen molar-refractivity contribution in [2.45, 2.75) is 40.2 Å². The lowest BCUT2D eigenvalue weighted by Gasteiger charge is -2.26. The second-order valence-corrected chi connectivity index (χ2v) is 8.04. The zero-order chi connectivity index (χ0) is 24.1. The second-order valence-electron chi connectivity index (χ2n) is 8.04. The van der Waals surface area contributed by atoms with E-state index in [0.717, 1.165) is 11.3 Å². The number of nitrogens with zero attached hydrogens (tertiary/aromatic N) is 2. The molecule has 1 aromatic heterocycles. The van der Waals surface area contributed by atoms with E-state index >= 15 is 0 Å². The number of fused-ring (bicyclic) bond motifs is 1. The lowest BCUT2D eigenvalue weighted by atomic mass is 10.2. The predicted molar refractivity (Wildman–Crippen MR) is 121 cm³/mol. The highest BCUT2D eigenvalue weighted by Gasteiger charge is 2.26. The molecule has 0 unspecified atom stereocenters. The Morgan fingerprint density at radius 2 is 1.97 bits per heavy atom. The minimum Gasteiger partial charge on any atom is -0.454 e. The maximum atomic E-state index is 13.0. The van der Waals surface area contributed by atoms with Gasteiger partial charge in [0.25, 0.3) is 11.5 Å². The number of ether oxygens (including phenoxy) is 3. The molecule has 0 saturated carbocycles. The second kappa shape index (κ2) is 10.2. The molecule has 178 valence electrons. The first-order valence-electron chi connectivity index (χ1n) is 10.7. The minimum absolute atomic E-state index is 0.0340. The van der Waals surface area contributed by atoms with Crippen LogP contribution in [0.3, 0.4) is 0 Å². The molecule has 2 heterocycles. The molecule has 3 N–H and O–H groups in total. The van der Waals surface area contributed by atoms with Gasteiger partial charge in [0, 0.05) is 13.1 Å². The van der Waals surface area contributed by atoms with E-state index in [4.69, 9.17) is 19.9 Å². The van der Waals surface area contributed by atoms with Crippen molar-refractivity contribution in [3.8, 4) is 11.5 Å². The first-order valence-corrected chi connectivity index (χ1v) is 10.7. The van der Waals surface area contributed by atoms with Crippen LogP contribution in [0.5, 0.6) is 11.5 Å². The van der Waals surface area contributed by atoms with Crippen LogP contribution in [0.4, 0.5) is 11.5 Å². The molecule has 1 aliphatic rings. The maximum absolute atomic E-state index is 13.0. The Morgan fingerprint density at radius 1 is 1.24 bits per heavy atom. The van der Waals surface area contributed by atoms with Gasteiger partial charge < -0.3 is 24.8 Å². The van der Waals surface area contributed by atoms with E-state index in [1.54, 1.807) is 6.07 Å². The number of nitrogen functional groups attached to an aromatic ring is 1. The molecule has 0 radical (unpaired) electrons. The van der Waals surface area contributed by atoms with Gasteiger partial charge in [-0.15, -0.1) is 0 Å². The van der Waals surface area contributed by atoms with Gasteiger partial charge in [0.1, 0.15) is 5.82 Å². The normalized spacial score (nSPS) is 12.1. The van der Waals surface area contributed by atoms with Gasteiger partial charge in [-0.25, -0.2) is 9.59 Å². The average molecular weight is 460 g/mol. The van der Waals surface area contributed by atoms with Gasteiger partial charge in [0.2, 0.25) is 6.79 Å². The van der Waals surface area contributed by atoms with Crippen molar-refractivity contribution in [3.63, 3.8) is 0 Å². The van der Waals surface area contributed by atoms with Crippen molar-refractivity contribution in [1.29, 1.82) is 0 Å². The number of amides is 1. The minimum atomic E-state index is -0.777. The van der Waals surface area contributed by atoms with Crippen LogP contribution in [-0.4, -0.2) is 41.4 Å². The summed E-state index contributed by atoms with van der Waals surface area (Å²) in [5, 5.41) is 0. The number of hydrogen-bond acceptors (Lipinski definition) is 8. The Morgan fingerprint density at radius 3 is 2.67 bits per heavy atom. The van der Waals surface area contributed by atoms with Gasteiger partial charge in [-0.3, -0.25) is 19.1 Å². The van der Waals surface area contributed by atoms with Crippen molar-refractivity contribution >= 4 is 23.4 Å². The average Bonchev–Trinajstić information content (AvgIpc) is 3.24. The van der Waals surface area contributed by atoms with Crippen LogP contribution in [0, 0.1) is 5.92 Å². The number of aromatic nitrogens is 2. The number of nitrogens with two attached hydrogens (primary N) is 1. The van der Waals surface area contributed by atoms with Crippen molar-refractivity contribution in [2.24, 2.45) is 5.92 Å². The van der Waals surface area contributed by atoms with Crippen LogP contribution in [-0.2, 0) is 16.1 Å². The summed E-state index contributed by atoms with van der Waals surface area (Å²) < 4.78 is 16.9. The topological polar surface area (TPSA) is 146 Å². The zero-order valence-corrected chi connectivity index (χ0v) is 18.9. The van der Waals surface area contributed by atoms with Crippen molar-refractivity contribution in [3.05, 3.63) is 44.6 Å². The molecule has 0 spiro atoms. The van der Waals surface area contributed by atoms with Crippen molar-refractivity contribution in [1.82, 2.24) is 9.55 Å². The molecule has 2 aromatic rings. The zero-order valence-electron chi connectivity index (χ0n) is 18.9. The maximum Gasteiger partial charge on any atom is 0.338 e. The van der Waals surface area contributed by atoms with Crippen LogP contribution in [0.1, 0.15) is 44.0 Å². The highest BCUT2D eigenvalue weighted by Crippen LogP contribution is 2.32. The molecule has 3 rings (SSSR count). The van der Waals surface area contributed by atoms with Gasteiger partial charge in [-0.2, -0.15) is 0 Å². The number of rotatable bonds is 9. The lowest BCUT2D eigenvalue weighted by Crippen LogP contribution is -2.44. The summed E-state index contributed by atoms with van der Waals surface area (Å²) >= 11 is 0. The van der Waals surface area contributed by atoms with Crippen LogP contribution >= 0.6 is 0 Å². The Hall–Kier alpha value is -3.76. The Labute approximate surface area is 190 Å². The number of H-pyrrole nitrogens is 1. The van der Waals surface area contributed by atoms with Crippen LogP contribution in [0.15, 0.2) is 27.8 Å². The van der Waals surface area contributed by atoms with Gasteiger partial charge in [-0.05, 0) is 30.5 Å². The first-order chi connectivity index (χ1) is 15.7. The molecule has 0 aliphatic carbocycles. The number of esters is 1. The Balaban J connectivity index is 1.83. The molecule has 0 saturated heterocycles. The third-order valence-corrected chi connectivity index (χ3v) is 5.00. The standard InChI is InChI=1S/C22H28N4O7/c1-4-5-8-25-19(23)18(20(28)24-22(25)30)26(10-13(2)3)17(27)11-31-21(29)14-6-7-15-16(9-14)33-12-32-15/h6-7,9,13H,4-5,8,10-12,23H2,1-3H3,(H,24,28,30). The largest absolute Gasteiger partial charge is 0.454 e. The van der Waals surface area contributed by atoms with E-state index in [1.165, 1.54) is 16.7 Å². The van der Waals surface area contributed by atoms with Crippen molar-refractivity contribution < 1.29 is 23.8 Å². The van der Waals surface area contributed by atoms with Crippen LogP contribution < -0.4 is 31.4 Å². The lowest BCUT2D eigenvalue weighted by molar-refractivity contribution is -0.121. The highest BCUT2D eigenvalue weighted by molar-refractivity contribution is 5.98. The third kappa shape index (κ3) is 5.36. The summed E-state index contributed by atoms with van der Waals surface area (Å²) in [6.45, 7) is 5.55. The fourth-order valence-electron chi connectivity index (χ4n) is 3.37. The highest BCUT2D eigenvalue weighted by atomic mass is 16.7. The number of aromatic amines is 1. The molecule has 33 heavy (non-hydrogen) atoms. The number of hydrogen-bond donors (Lipinski definition) is 2. The van der Waals surface area contributed by atoms with E-state index in [9.17, 15) is 19.2 Å². The van der Waals surface area contributed by atoms with Crippen LogP contribution in [0.2, 0.25) is 0 Å². The molecule has 11 nitrogen and oxygen atoms in total. The molecule has 0 atom stereocenters. The van der Waals surface area contributed by atoms with E-state index in [-0.39, 0.29) is 36.3 Å². The summed E-state index contributed by atoms with van der Waals surface area (Å²) in [7, 11) is 0. The number of benzene rings is 1. The first kappa shape index (κ1) is 23.9. The number of unbranched alkanes of at least 4 members (excludes halogenated alkanes) is 1. The predicted octanol–water partition coefficient (Wildman–Crippen LogP) is 1.49. The monoisotopic (exact) mass is 460 g/mol. The van der Waals surface area contributed by atoms with Crippen molar-refractivity contribution in [2.75, 3.05) is 30.6 Å². The van der Waals surface area contributed by atoms with Gasteiger partial charge in [-0.1, -0.05) is 27.2 Å². The summed E-state index contributed by atoms with van der Waals surface area (Å²) in [6, 6.07) is 4.54. The quantitative estimate of drug-likeness (QED) is 0.535. The van der Waals surface area contributed by atoms with E-state index in [1.807, 2.05) is 20.8 Å². The van der Waals surface area contributed by atoms with Gasteiger partial charge in [0.15, 0.2) is 23.8 Å². The summed E-state index contributed by atoms with van der Waals surface area (Å²) in [4.78, 5) is 53.7. The number of nitrogens with one attached hydrogen (secondary N) is 1. The summed E-state index contributed by atoms with van der Waals surface area (Å²) in [5.74, 6) is -0.595. The molecule has 0 bridgehead atoms. The molecule has 1 aliphatic heterocycles. The molecule has 0 fully saturated rings. The molecular formula is C22H28N4O7. The van der Waals surface area contributed by atoms with E-state index in [0.29, 0.717) is 24.5 Å². The SMILES string of the molecule is CCCCn1c(N)c(N(CC(C)C)C(=O)COC(=O)c2ccc3c(c2)OCO3)c(=O)[nH]c1=O. The van der Waals surface area contributed by atoms with Gasteiger partial charge in [0.05, 0.1) is 5.56 Å². The number of carbonyl (C=O) groups is 2. The number of carbonyl (C=O) groups excluding carboxylic acids is 2. The smallest absolute Gasteiger partial charge is 0.338 e.